The zero-order valence-electron chi connectivity index (χ0n) is 9.99. The van der Waals surface area contributed by atoms with Gasteiger partial charge in [0.1, 0.15) is 0 Å². The molecule has 0 aliphatic carbocycles. The lowest BCUT2D eigenvalue weighted by Gasteiger charge is -2.19. The molecule has 90 valence electrons. The number of rotatable bonds is 7. The van der Waals surface area contributed by atoms with Gasteiger partial charge < -0.3 is 16.2 Å². The minimum atomic E-state index is -0.459. The first-order valence-corrected chi connectivity index (χ1v) is 5.61. The lowest BCUT2D eigenvalue weighted by Crippen LogP contribution is -2.40. The summed E-state index contributed by atoms with van der Waals surface area (Å²) in [6.45, 7) is 6.72. The molecular formula is C11H24N2O2. The Hall–Kier alpha value is -0.610. The highest BCUT2D eigenvalue weighted by Crippen LogP contribution is 2.14. The van der Waals surface area contributed by atoms with Gasteiger partial charge in [0.25, 0.3) is 0 Å². The summed E-state index contributed by atoms with van der Waals surface area (Å²) in [6.07, 6.45) is 1.75. The molecule has 0 aliphatic rings. The van der Waals surface area contributed by atoms with Crippen molar-refractivity contribution >= 4 is 5.91 Å². The number of nitrogens with two attached hydrogens (primary N) is 1. The van der Waals surface area contributed by atoms with Gasteiger partial charge in [-0.05, 0) is 31.6 Å². The van der Waals surface area contributed by atoms with Crippen molar-refractivity contribution in [2.24, 2.45) is 17.6 Å². The highest BCUT2D eigenvalue weighted by atomic mass is 16.3. The molecule has 2 atom stereocenters. The van der Waals surface area contributed by atoms with Crippen LogP contribution in [-0.4, -0.2) is 30.2 Å². The molecule has 0 aliphatic heterocycles. The number of amides is 1. The molecule has 0 heterocycles. The maximum absolute atomic E-state index is 11.2. The van der Waals surface area contributed by atoms with Crippen molar-refractivity contribution in [2.75, 3.05) is 13.2 Å². The van der Waals surface area contributed by atoms with Gasteiger partial charge in [0, 0.05) is 13.2 Å². The maximum Gasteiger partial charge on any atom is 0.236 e. The fourth-order valence-electron chi connectivity index (χ4n) is 1.56. The maximum atomic E-state index is 11.2. The second-order valence-electron chi connectivity index (χ2n) is 4.54. The van der Waals surface area contributed by atoms with E-state index in [-0.39, 0.29) is 12.5 Å². The monoisotopic (exact) mass is 216 g/mol. The molecule has 0 fully saturated rings. The molecule has 4 N–H and O–H groups in total. The van der Waals surface area contributed by atoms with E-state index in [0.29, 0.717) is 18.4 Å². The summed E-state index contributed by atoms with van der Waals surface area (Å²) in [5, 5.41) is 11.7. The van der Waals surface area contributed by atoms with Crippen LogP contribution in [0.5, 0.6) is 0 Å². The molecule has 0 aromatic rings. The van der Waals surface area contributed by atoms with Gasteiger partial charge in [-0.25, -0.2) is 0 Å². The van der Waals surface area contributed by atoms with E-state index in [1.165, 1.54) is 0 Å². The predicted octanol–water partition coefficient (Wildman–Crippen LogP) is 0.495. The van der Waals surface area contributed by atoms with Gasteiger partial charge in [-0.2, -0.15) is 0 Å². The Bertz CT molecular complexity index is 181. The molecular weight excluding hydrogens is 192 g/mol. The average molecular weight is 216 g/mol. The van der Waals surface area contributed by atoms with Crippen molar-refractivity contribution in [1.29, 1.82) is 0 Å². The van der Waals surface area contributed by atoms with E-state index in [0.717, 1.165) is 12.8 Å². The minimum absolute atomic E-state index is 0.123. The lowest BCUT2D eigenvalue weighted by atomic mass is 9.94. The van der Waals surface area contributed by atoms with Crippen molar-refractivity contribution in [3.05, 3.63) is 0 Å². The molecule has 1 amide bonds. The lowest BCUT2D eigenvalue weighted by molar-refractivity contribution is -0.122. The van der Waals surface area contributed by atoms with Gasteiger partial charge in [0.05, 0.1) is 6.04 Å². The van der Waals surface area contributed by atoms with Gasteiger partial charge in [0.15, 0.2) is 0 Å². The van der Waals surface area contributed by atoms with Gasteiger partial charge >= 0.3 is 0 Å². The normalized spacial score (nSPS) is 15.1. The molecule has 0 rings (SSSR count). The molecule has 4 nitrogen and oxygen atoms in total. The van der Waals surface area contributed by atoms with Crippen LogP contribution in [0.25, 0.3) is 0 Å². The fourth-order valence-corrected chi connectivity index (χ4v) is 1.56. The van der Waals surface area contributed by atoms with Crippen molar-refractivity contribution in [1.82, 2.24) is 5.32 Å². The highest BCUT2D eigenvalue weighted by Gasteiger charge is 2.13. The van der Waals surface area contributed by atoms with E-state index in [2.05, 4.69) is 19.2 Å². The van der Waals surface area contributed by atoms with Crippen molar-refractivity contribution in [3.8, 4) is 0 Å². The number of carbonyl (C=O) groups is 1. The number of hydrogen-bond donors (Lipinski definition) is 3. The number of nitrogens with one attached hydrogen (secondary N) is 1. The van der Waals surface area contributed by atoms with Crippen LogP contribution in [0.4, 0.5) is 0 Å². The van der Waals surface area contributed by atoms with Gasteiger partial charge in [-0.3, -0.25) is 4.79 Å². The Balaban J connectivity index is 3.89. The van der Waals surface area contributed by atoms with E-state index in [9.17, 15) is 4.79 Å². The molecule has 0 saturated heterocycles. The number of hydrogen-bond acceptors (Lipinski definition) is 3. The average Bonchev–Trinajstić information content (AvgIpc) is 2.13. The second kappa shape index (κ2) is 7.65. The summed E-state index contributed by atoms with van der Waals surface area (Å²) in [6, 6.07) is -0.459. The first kappa shape index (κ1) is 14.4. The van der Waals surface area contributed by atoms with Crippen molar-refractivity contribution in [3.63, 3.8) is 0 Å². The summed E-state index contributed by atoms with van der Waals surface area (Å²) in [7, 11) is 0. The molecule has 0 radical (unpaired) electrons. The van der Waals surface area contributed by atoms with Gasteiger partial charge in [-0.1, -0.05) is 13.8 Å². The largest absolute Gasteiger partial charge is 0.396 e. The van der Waals surface area contributed by atoms with Crippen LogP contribution in [0.2, 0.25) is 0 Å². The zero-order chi connectivity index (χ0) is 11.8. The molecule has 0 saturated carbocycles. The van der Waals surface area contributed by atoms with E-state index in [1.807, 2.05) is 0 Å². The summed E-state index contributed by atoms with van der Waals surface area (Å²) < 4.78 is 0. The number of aliphatic hydroxyl groups excluding tert-OH is 1. The minimum Gasteiger partial charge on any atom is -0.396 e. The van der Waals surface area contributed by atoms with Crippen LogP contribution in [0.3, 0.4) is 0 Å². The van der Waals surface area contributed by atoms with Crippen LogP contribution in [0.1, 0.15) is 33.6 Å². The van der Waals surface area contributed by atoms with Crippen LogP contribution >= 0.6 is 0 Å². The molecule has 15 heavy (non-hydrogen) atoms. The summed E-state index contributed by atoms with van der Waals surface area (Å²) >= 11 is 0. The topological polar surface area (TPSA) is 75.3 Å². The molecule has 4 heteroatoms. The van der Waals surface area contributed by atoms with Gasteiger partial charge in [-0.15, -0.1) is 0 Å². The number of carbonyl (C=O) groups excluding carboxylic acids is 1. The summed E-state index contributed by atoms with van der Waals surface area (Å²) in [5.41, 5.74) is 5.44. The zero-order valence-corrected chi connectivity index (χ0v) is 9.99. The Kier molecular flexibility index (Phi) is 7.34. The fraction of sp³-hybridized carbons (Fsp3) is 0.909. The predicted molar refractivity (Wildman–Crippen MR) is 61.3 cm³/mol. The third-order valence-corrected chi connectivity index (χ3v) is 2.32. The summed E-state index contributed by atoms with van der Waals surface area (Å²) in [4.78, 5) is 11.2. The summed E-state index contributed by atoms with van der Waals surface area (Å²) in [5.74, 6) is 0.799. The second-order valence-corrected chi connectivity index (χ2v) is 4.54. The Morgan fingerprint density at radius 1 is 1.40 bits per heavy atom. The number of aliphatic hydroxyl groups is 1. The van der Waals surface area contributed by atoms with E-state index >= 15 is 0 Å². The van der Waals surface area contributed by atoms with E-state index < -0.39 is 6.04 Å². The molecule has 0 bridgehead atoms. The molecule has 0 aromatic heterocycles. The van der Waals surface area contributed by atoms with Crippen LogP contribution in [0.15, 0.2) is 0 Å². The first-order chi connectivity index (χ1) is 6.97. The van der Waals surface area contributed by atoms with Crippen LogP contribution < -0.4 is 11.1 Å². The highest BCUT2D eigenvalue weighted by molar-refractivity contribution is 5.80. The quantitative estimate of drug-likeness (QED) is 0.580. The molecule has 0 aromatic carbocycles. The van der Waals surface area contributed by atoms with E-state index in [4.69, 9.17) is 10.8 Å². The Labute approximate surface area is 92.2 Å². The van der Waals surface area contributed by atoms with Gasteiger partial charge in [0.2, 0.25) is 5.91 Å². The van der Waals surface area contributed by atoms with Crippen molar-refractivity contribution < 1.29 is 9.90 Å². The SMILES string of the molecule is CC(C)CC(CCO)CNC(=O)[C@H](C)N. The van der Waals surface area contributed by atoms with Crippen molar-refractivity contribution in [2.45, 2.75) is 39.7 Å². The smallest absolute Gasteiger partial charge is 0.236 e. The van der Waals surface area contributed by atoms with E-state index in [1.54, 1.807) is 6.92 Å². The van der Waals surface area contributed by atoms with Crippen LogP contribution in [-0.2, 0) is 4.79 Å². The Morgan fingerprint density at radius 2 is 2.00 bits per heavy atom. The molecule has 1 unspecified atom stereocenters. The standard InChI is InChI=1S/C11H24N2O2/c1-8(2)6-10(4-5-14)7-13-11(15)9(3)12/h8-10,14H,4-7,12H2,1-3H3,(H,13,15)/t9-,10?/m0/s1. The Morgan fingerprint density at radius 3 is 2.40 bits per heavy atom. The molecule has 0 spiro atoms. The first-order valence-electron chi connectivity index (χ1n) is 5.61. The van der Waals surface area contributed by atoms with Crippen LogP contribution in [0, 0.1) is 11.8 Å². The third kappa shape index (κ3) is 7.33. The third-order valence-electron chi connectivity index (χ3n) is 2.32.